The summed E-state index contributed by atoms with van der Waals surface area (Å²) in [6.07, 6.45) is 0. The van der Waals surface area contributed by atoms with Crippen molar-refractivity contribution in [2.24, 2.45) is 0 Å². The molecular weight excluding hydrogens is 488 g/mol. The van der Waals surface area contributed by atoms with E-state index >= 15 is 0 Å². The molecule has 2 heterocycles. The topological polar surface area (TPSA) is 26.9 Å². The van der Waals surface area contributed by atoms with Gasteiger partial charge in [-0.05, 0) is 76.9 Å². The van der Waals surface area contributed by atoms with Crippen molar-refractivity contribution >= 4 is 32.7 Å². The van der Waals surface area contributed by atoms with Gasteiger partial charge in [-0.15, -0.1) is 0 Å². The highest BCUT2D eigenvalue weighted by molar-refractivity contribution is 6.23. The smallest absolute Gasteiger partial charge is 0.263 e. The molecule has 0 saturated heterocycles. The van der Waals surface area contributed by atoms with Gasteiger partial charge < -0.3 is 4.57 Å². The summed E-state index contributed by atoms with van der Waals surface area (Å²) in [5, 5.41) is 2.84. The Hall–Kier alpha value is -5.41. The predicted molar refractivity (Wildman–Crippen MR) is 166 cm³/mol. The SMILES string of the molecule is O=c1c2cccc3c2c2c(cccc2n3-c2ccccc2)n1-c1cc(-c2ccccc2)cc(-c2ccccc2)c1. The van der Waals surface area contributed by atoms with Crippen LogP contribution in [0.15, 0.2) is 150 Å². The van der Waals surface area contributed by atoms with Gasteiger partial charge in [-0.3, -0.25) is 9.36 Å². The van der Waals surface area contributed by atoms with Crippen molar-refractivity contribution in [1.82, 2.24) is 9.13 Å². The fraction of sp³-hybridized carbons (Fsp3) is 0. The lowest BCUT2D eigenvalue weighted by Gasteiger charge is -2.16. The Morgan fingerprint density at radius 3 is 1.48 bits per heavy atom. The van der Waals surface area contributed by atoms with Crippen molar-refractivity contribution in [1.29, 1.82) is 0 Å². The Bertz CT molecular complexity index is 2150. The zero-order valence-electron chi connectivity index (χ0n) is 21.7. The first kappa shape index (κ1) is 22.6. The van der Waals surface area contributed by atoms with Gasteiger partial charge in [0, 0.05) is 16.5 Å². The Kier molecular flexibility index (Phi) is 4.98. The molecule has 0 atom stereocenters. The number of para-hydroxylation sites is 1. The molecule has 40 heavy (non-hydrogen) atoms. The second kappa shape index (κ2) is 8.82. The standard InChI is InChI=1S/C37H24N2O/c40-37-31-18-10-19-32-35(31)36-33(38(32)29-16-8-3-9-17-29)20-11-21-34(36)39(37)30-23-27(25-12-4-1-5-13-25)22-28(24-30)26-14-6-2-7-15-26/h1-24H. The first-order chi connectivity index (χ1) is 19.8. The zero-order valence-corrected chi connectivity index (χ0v) is 21.7. The predicted octanol–water partition coefficient (Wildman–Crippen LogP) is 8.86. The summed E-state index contributed by atoms with van der Waals surface area (Å²) < 4.78 is 4.17. The van der Waals surface area contributed by atoms with Crippen LogP contribution in [-0.2, 0) is 0 Å². The fourth-order valence-corrected chi connectivity index (χ4v) is 6.13. The molecule has 0 bridgehead atoms. The number of benzene rings is 6. The van der Waals surface area contributed by atoms with E-state index in [9.17, 15) is 4.79 Å². The van der Waals surface area contributed by atoms with E-state index in [1.165, 1.54) is 0 Å². The number of nitrogens with zero attached hydrogens (tertiary/aromatic N) is 2. The molecule has 0 N–H and O–H groups in total. The Labute approximate surface area is 231 Å². The van der Waals surface area contributed by atoms with Crippen LogP contribution in [0.2, 0.25) is 0 Å². The van der Waals surface area contributed by atoms with Crippen LogP contribution in [0.25, 0.3) is 66.3 Å². The molecule has 6 aromatic carbocycles. The molecule has 3 heteroatoms. The summed E-state index contributed by atoms with van der Waals surface area (Å²) in [7, 11) is 0. The molecule has 2 aromatic heterocycles. The third-order valence-corrected chi connectivity index (χ3v) is 7.87. The van der Waals surface area contributed by atoms with Gasteiger partial charge in [0.25, 0.3) is 5.56 Å². The van der Waals surface area contributed by atoms with E-state index in [2.05, 4.69) is 120 Å². The second-order valence-corrected chi connectivity index (χ2v) is 10.2. The Morgan fingerprint density at radius 1 is 0.375 bits per heavy atom. The first-order valence-corrected chi connectivity index (χ1v) is 13.5. The summed E-state index contributed by atoms with van der Waals surface area (Å²) in [5.41, 5.74) is 9.33. The number of rotatable bonds is 4. The highest BCUT2D eigenvalue weighted by atomic mass is 16.1. The van der Waals surface area contributed by atoms with E-state index in [1.54, 1.807) is 0 Å². The maximum atomic E-state index is 14.4. The highest BCUT2D eigenvalue weighted by Crippen LogP contribution is 2.39. The summed E-state index contributed by atoms with van der Waals surface area (Å²) in [4.78, 5) is 14.4. The van der Waals surface area contributed by atoms with E-state index in [4.69, 9.17) is 0 Å². The minimum Gasteiger partial charge on any atom is -0.309 e. The van der Waals surface area contributed by atoms with Gasteiger partial charge in [-0.1, -0.05) is 91.0 Å². The molecule has 188 valence electrons. The van der Waals surface area contributed by atoms with E-state index < -0.39 is 0 Å². The number of hydrogen-bond acceptors (Lipinski definition) is 1. The average molecular weight is 513 g/mol. The minimum absolute atomic E-state index is 0.0133. The van der Waals surface area contributed by atoms with Crippen molar-refractivity contribution in [3.05, 3.63) is 156 Å². The maximum Gasteiger partial charge on any atom is 0.263 e. The van der Waals surface area contributed by atoms with Crippen LogP contribution in [0.5, 0.6) is 0 Å². The minimum atomic E-state index is -0.0133. The van der Waals surface area contributed by atoms with Gasteiger partial charge in [0.05, 0.1) is 27.6 Å². The number of aromatic nitrogens is 2. The van der Waals surface area contributed by atoms with Gasteiger partial charge in [-0.25, -0.2) is 0 Å². The molecule has 0 amide bonds. The monoisotopic (exact) mass is 512 g/mol. The van der Waals surface area contributed by atoms with Crippen LogP contribution >= 0.6 is 0 Å². The summed E-state index contributed by atoms with van der Waals surface area (Å²) in [5.74, 6) is 0. The van der Waals surface area contributed by atoms with Gasteiger partial charge in [0.1, 0.15) is 0 Å². The van der Waals surface area contributed by atoms with Crippen molar-refractivity contribution < 1.29 is 0 Å². The lowest BCUT2D eigenvalue weighted by Crippen LogP contribution is -2.19. The first-order valence-electron chi connectivity index (χ1n) is 13.5. The lowest BCUT2D eigenvalue weighted by molar-refractivity contribution is 1.06. The maximum absolute atomic E-state index is 14.4. The third kappa shape index (κ3) is 3.35. The molecule has 0 radical (unpaired) electrons. The molecule has 0 fully saturated rings. The van der Waals surface area contributed by atoms with E-state index in [1.807, 2.05) is 34.9 Å². The second-order valence-electron chi connectivity index (χ2n) is 10.2. The normalized spacial score (nSPS) is 11.6. The summed E-state index contributed by atoms with van der Waals surface area (Å²) in [6, 6.07) is 49.9. The molecule has 0 saturated carbocycles. The van der Waals surface area contributed by atoms with Crippen LogP contribution in [-0.4, -0.2) is 9.13 Å². The van der Waals surface area contributed by atoms with Gasteiger partial charge in [-0.2, -0.15) is 0 Å². The molecule has 8 rings (SSSR count). The quantitative estimate of drug-likeness (QED) is 0.216. The largest absolute Gasteiger partial charge is 0.309 e. The average Bonchev–Trinajstić information content (AvgIpc) is 3.37. The summed E-state index contributed by atoms with van der Waals surface area (Å²) >= 11 is 0. The molecule has 0 aliphatic rings. The van der Waals surface area contributed by atoms with Gasteiger partial charge >= 0.3 is 0 Å². The van der Waals surface area contributed by atoms with Crippen molar-refractivity contribution in [2.75, 3.05) is 0 Å². The van der Waals surface area contributed by atoms with Crippen LogP contribution in [0.1, 0.15) is 0 Å². The van der Waals surface area contributed by atoms with E-state index in [-0.39, 0.29) is 5.56 Å². The molecule has 8 aromatic rings. The third-order valence-electron chi connectivity index (χ3n) is 7.87. The molecule has 3 nitrogen and oxygen atoms in total. The molecule has 0 aliphatic carbocycles. The van der Waals surface area contributed by atoms with Crippen molar-refractivity contribution in [2.45, 2.75) is 0 Å². The van der Waals surface area contributed by atoms with Crippen molar-refractivity contribution in [3.8, 4) is 33.6 Å². The molecule has 0 unspecified atom stereocenters. The molecular formula is C37H24N2O. The van der Waals surface area contributed by atoms with Gasteiger partial charge in [0.15, 0.2) is 0 Å². The van der Waals surface area contributed by atoms with Crippen LogP contribution in [0.4, 0.5) is 0 Å². The zero-order chi connectivity index (χ0) is 26.6. The molecule has 0 spiro atoms. The summed E-state index contributed by atoms with van der Waals surface area (Å²) in [6.45, 7) is 0. The fourth-order valence-electron chi connectivity index (χ4n) is 6.13. The lowest BCUT2D eigenvalue weighted by atomic mass is 9.97. The highest BCUT2D eigenvalue weighted by Gasteiger charge is 2.22. The number of hydrogen-bond donors (Lipinski definition) is 0. The Morgan fingerprint density at radius 2 is 0.875 bits per heavy atom. The van der Waals surface area contributed by atoms with Crippen LogP contribution < -0.4 is 5.56 Å². The van der Waals surface area contributed by atoms with Crippen molar-refractivity contribution in [3.63, 3.8) is 0 Å². The van der Waals surface area contributed by atoms with Gasteiger partial charge in [0.2, 0.25) is 0 Å². The number of pyridine rings is 1. The van der Waals surface area contributed by atoms with E-state index in [0.29, 0.717) is 0 Å². The molecule has 0 aliphatic heterocycles. The van der Waals surface area contributed by atoms with E-state index in [0.717, 1.165) is 66.3 Å². The van der Waals surface area contributed by atoms with Crippen LogP contribution in [0, 0.1) is 0 Å². The van der Waals surface area contributed by atoms with Crippen LogP contribution in [0.3, 0.4) is 0 Å². The Balaban J connectivity index is 1.50.